The summed E-state index contributed by atoms with van der Waals surface area (Å²) >= 11 is 0. The van der Waals surface area contributed by atoms with E-state index in [9.17, 15) is 4.79 Å². The van der Waals surface area contributed by atoms with Gasteiger partial charge in [0.25, 0.3) is 0 Å². The second kappa shape index (κ2) is 4.13. The first-order chi connectivity index (χ1) is 6.52. The normalized spacial score (nSPS) is 12.1. The van der Waals surface area contributed by atoms with Crippen molar-refractivity contribution in [2.45, 2.75) is 13.8 Å². The van der Waals surface area contributed by atoms with Gasteiger partial charge in [0, 0.05) is 25.0 Å². The smallest absolute Gasteiger partial charge is 0.328 e. The lowest BCUT2D eigenvalue weighted by Gasteiger charge is -2.11. The van der Waals surface area contributed by atoms with Crippen molar-refractivity contribution in [3.05, 3.63) is 30.1 Å². The van der Waals surface area contributed by atoms with Crippen LogP contribution in [0.5, 0.6) is 0 Å². The SMILES string of the molecule is CC(C)/C(=C/C(=O)O)c1cccn1C. The molecule has 3 nitrogen and oxygen atoms in total. The molecule has 0 saturated carbocycles. The Morgan fingerprint density at radius 1 is 1.57 bits per heavy atom. The summed E-state index contributed by atoms with van der Waals surface area (Å²) < 4.78 is 1.93. The van der Waals surface area contributed by atoms with Crippen molar-refractivity contribution in [2.75, 3.05) is 0 Å². The minimum atomic E-state index is -0.894. The highest BCUT2D eigenvalue weighted by atomic mass is 16.4. The average Bonchev–Trinajstić information content (AvgIpc) is 2.46. The van der Waals surface area contributed by atoms with Gasteiger partial charge in [0.2, 0.25) is 0 Å². The van der Waals surface area contributed by atoms with E-state index in [1.54, 1.807) is 0 Å². The fourth-order valence-corrected chi connectivity index (χ4v) is 1.43. The van der Waals surface area contributed by atoms with Crippen molar-refractivity contribution < 1.29 is 9.90 Å². The Morgan fingerprint density at radius 2 is 2.21 bits per heavy atom. The van der Waals surface area contributed by atoms with E-state index in [0.29, 0.717) is 0 Å². The Balaban J connectivity index is 3.13. The Kier molecular flexibility index (Phi) is 3.12. The summed E-state index contributed by atoms with van der Waals surface area (Å²) in [7, 11) is 1.91. The molecule has 0 saturated heterocycles. The van der Waals surface area contributed by atoms with E-state index in [-0.39, 0.29) is 5.92 Å². The summed E-state index contributed by atoms with van der Waals surface area (Å²) in [5, 5.41) is 8.74. The summed E-state index contributed by atoms with van der Waals surface area (Å²) in [5.74, 6) is -0.686. The summed E-state index contributed by atoms with van der Waals surface area (Å²) in [6.07, 6.45) is 3.19. The molecule has 0 aromatic carbocycles. The molecule has 0 fully saturated rings. The maximum absolute atomic E-state index is 10.6. The predicted molar refractivity (Wildman–Crippen MR) is 55.9 cm³/mol. The molecule has 0 amide bonds. The molecule has 1 aromatic heterocycles. The third-order valence-corrected chi connectivity index (χ3v) is 2.14. The first-order valence-corrected chi connectivity index (χ1v) is 4.58. The molecular weight excluding hydrogens is 178 g/mol. The largest absolute Gasteiger partial charge is 0.478 e. The van der Waals surface area contributed by atoms with Crippen molar-refractivity contribution in [3.63, 3.8) is 0 Å². The van der Waals surface area contributed by atoms with Gasteiger partial charge in [-0.15, -0.1) is 0 Å². The average molecular weight is 193 g/mol. The highest BCUT2D eigenvalue weighted by Crippen LogP contribution is 2.22. The van der Waals surface area contributed by atoms with Crippen LogP contribution in [0.1, 0.15) is 19.5 Å². The van der Waals surface area contributed by atoms with Crippen molar-refractivity contribution in [1.82, 2.24) is 4.57 Å². The van der Waals surface area contributed by atoms with E-state index in [1.807, 2.05) is 43.8 Å². The number of carbonyl (C=O) groups is 1. The van der Waals surface area contributed by atoms with Gasteiger partial charge >= 0.3 is 5.97 Å². The number of carboxylic acids is 1. The van der Waals surface area contributed by atoms with Crippen molar-refractivity contribution in [3.8, 4) is 0 Å². The molecule has 0 aliphatic heterocycles. The lowest BCUT2D eigenvalue weighted by atomic mass is 9.99. The van der Waals surface area contributed by atoms with Gasteiger partial charge in [-0.05, 0) is 23.6 Å². The quantitative estimate of drug-likeness (QED) is 0.747. The molecule has 1 N–H and O–H groups in total. The summed E-state index contributed by atoms with van der Waals surface area (Å²) in [6, 6.07) is 3.84. The number of aryl methyl sites for hydroxylation is 1. The molecule has 0 radical (unpaired) electrons. The van der Waals surface area contributed by atoms with E-state index < -0.39 is 5.97 Å². The van der Waals surface area contributed by atoms with Gasteiger partial charge in [-0.3, -0.25) is 0 Å². The van der Waals surface area contributed by atoms with Crippen LogP contribution in [-0.4, -0.2) is 15.6 Å². The number of hydrogen-bond acceptors (Lipinski definition) is 1. The molecule has 0 bridgehead atoms. The van der Waals surface area contributed by atoms with Crippen molar-refractivity contribution in [1.29, 1.82) is 0 Å². The predicted octanol–water partition coefficient (Wildman–Crippen LogP) is 2.15. The van der Waals surface area contributed by atoms with Gasteiger partial charge in [0.15, 0.2) is 0 Å². The second-order valence-corrected chi connectivity index (χ2v) is 3.60. The number of carboxylic acid groups (broad SMARTS) is 1. The monoisotopic (exact) mass is 193 g/mol. The molecule has 0 atom stereocenters. The highest BCUT2D eigenvalue weighted by Gasteiger charge is 2.10. The second-order valence-electron chi connectivity index (χ2n) is 3.60. The maximum Gasteiger partial charge on any atom is 0.328 e. The standard InChI is InChI=1S/C11H15NO2/c1-8(2)9(7-11(13)14)10-5-4-6-12(10)3/h4-8H,1-3H3,(H,13,14)/b9-7-. The van der Waals surface area contributed by atoms with Crippen LogP contribution in [0.2, 0.25) is 0 Å². The van der Waals surface area contributed by atoms with E-state index in [0.717, 1.165) is 11.3 Å². The number of aromatic nitrogens is 1. The van der Waals surface area contributed by atoms with Crippen LogP contribution in [0, 0.1) is 5.92 Å². The Labute approximate surface area is 83.7 Å². The number of aliphatic carboxylic acids is 1. The van der Waals surface area contributed by atoms with Gasteiger partial charge < -0.3 is 9.67 Å². The maximum atomic E-state index is 10.6. The molecule has 76 valence electrons. The molecule has 0 aliphatic carbocycles. The number of hydrogen-bond donors (Lipinski definition) is 1. The van der Waals surface area contributed by atoms with Gasteiger partial charge in [-0.1, -0.05) is 13.8 Å². The summed E-state index contributed by atoms with van der Waals surface area (Å²) in [4.78, 5) is 10.6. The van der Waals surface area contributed by atoms with E-state index in [2.05, 4.69) is 0 Å². The molecule has 0 spiro atoms. The Bertz CT molecular complexity index is 361. The van der Waals surface area contributed by atoms with E-state index >= 15 is 0 Å². The van der Waals surface area contributed by atoms with Crippen LogP contribution in [0.4, 0.5) is 0 Å². The minimum absolute atomic E-state index is 0.208. The van der Waals surface area contributed by atoms with Crippen molar-refractivity contribution in [2.24, 2.45) is 13.0 Å². The van der Waals surface area contributed by atoms with Gasteiger partial charge in [-0.25, -0.2) is 4.79 Å². The van der Waals surface area contributed by atoms with Crippen LogP contribution in [-0.2, 0) is 11.8 Å². The van der Waals surface area contributed by atoms with Crippen LogP contribution < -0.4 is 0 Å². The molecule has 1 rings (SSSR count). The number of nitrogens with zero attached hydrogens (tertiary/aromatic N) is 1. The van der Waals surface area contributed by atoms with Crippen LogP contribution in [0.15, 0.2) is 24.4 Å². The van der Waals surface area contributed by atoms with Gasteiger partial charge in [0.05, 0.1) is 0 Å². The summed E-state index contributed by atoms with van der Waals surface area (Å²) in [6.45, 7) is 3.98. The fraction of sp³-hybridized carbons (Fsp3) is 0.364. The Morgan fingerprint density at radius 3 is 2.57 bits per heavy atom. The molecular formula is C11H15NO2. The van der Waals surface area contributed by atoms with Crippen molar-refractivity contribution >= 4 is 11.5 Å². The van der Waals surface area contributed by atoms with Crippen LogP contribution in [0.25, 0.3) is 5.57 Å². The van der Waals surface area contributed by atoms with Crippen LogP contribution >= 0.6 is 0 Å². The minimum Gasteiger partial charge on any atom is -0.478 e. The highest BCUT2D eigenvalue weighted by molar-refractivity contribution is 5.89. The molecule has 0 unspecified atom stereocenters. The van der Waals surface area contributed by atoms with E-state index in [4.69, 9.17) is 5.11 Å². The lowest BCUT2D eigenvalue weighted by Crippen LogP contribution is -2.02. The summed E-state index contributed by atoms with van der Waals surface area (Å²) in [5.41, 5.74) is 1.81. The van der Waals surface area contributed by atoms with Gasteiger partial charge in [-0.2, -0.15) is 0 Å². The Hall–Kier alpha value is -1.51. The zero-order chi connectivity index (χ0) is 10.7. The molecule has 1 aromatic rings. The van der Waals surface area contributed by atoms with Crippen LogP contribution in [0.3, 0.4) is 0 Å². The molecule has 1 heterocycles. The number of allylic oxidation sites excluding steroid dienone is 1. The molecule has 14 heavy (non-hydrogen) atoms. The third-order valence-electron chi connectivity index (χ3n) is 2.14. The third kappa shape index (κ3) is 2.25. The number of rotatable bonds is 3. The first-order valence-electron chi connectivity index (χ1n) is 4.58. The lowest BCUT2D eigenvalue weighted by molar-refractivity contribution is -0.131. The zero-order valence-electron chi connectivity index (χ0n) is 8.69. The fourth-order valence-electron chi connectivity index (χ4n) is 1.43. The molecule has 0 aliphatic rings. The van der Waals surface area contributed by atoms with Gasteiger partial charge in [0.1, 0.15) is 0 Å². The van der Waals surface area contributed by atoms with E-state index in [1.165, 1.54) is 6.08 Å². The molecule has 3 heteroatoms. The zero-order valence-corrected chi connectivity index (χ0v) is 8.69. The first kappa shape index (κ1) is 10.6. The topological polar surface area (TPSA) is 42.2 Å².